The number of carbonyl (C=O) groups excluding carboxylic acids is 1. The van der Waals surface area contributed by atoms with Gasteiger partial charge in [0.1, 0.15) is 5.56 Å². The molecule has 3 rings (SSSR count). The average molecular weight is 435 g/mol. The number of pyridine rings is 1. The van der Waals surface area contributed by atoms with E-state index in [2.05, 4.69) is 4.99 Å². The number of halogens is 2. The summed E-state index contributed by atoms with van der Waals surface area (Å²) >= 11 is 12.3. The lowest BCUT2D eigenvalue weighted by molar-refractivity contribution is 0.0524. The Morgan fingerprint density at radius 1 is 1.10 bits per heavy atom. The van der Waals surface area contributed by atoms with Gasteiger partial charge in [0.25, 0.3) is 0 Å². The number of hydrogen-bond acceptors (Lipinski definition) is 5. The van der Waals surface area contributed by atoms with Gasteiger partial charge in [-0.05, 0) is 31.2 Å². The summed E-state index contributed by atoms with van der Waals surface area (Å²) in [6.45, 7) is 1.99. The molecule has 0 saturated carbocycles. The third-order valence-corrected chi connectivity index (χ3v) is 4.89. The van der Waals surface area contributed by atoms with Crippen LogP contribution in [0.4, 0.5) is 5.69 Å². The summed E-state index contributed by atoms with van der Waals surface area (Å²) < 4.78 is 17.9. The number of esters is 1. The van der Waals surface area contributed by atoms with Gasteiger partial charge in [0.15, 0.2) is 11.5 Å². The summed E-state index contributed by atoms with van der Waals surface area (Å²) in [6.07, 6.45) is 1.68. The fraction of sp³-hybridized carbons (Fsp3) is 0.238. The highest BCUT2D eigenvalue weighted by Gasteiger charge is 2.17. The minimum absolute atomic E-state index is 0.244. The Kier molecular flexibility index (Phi) is 6.35. The maximum absolute atomic E-state index is 12.7. The van der Waals surface area contributed by atoms with E-state index in [1.807, 2.05) is 17.7 Å². The van der Waals surface area contributed by atoms with Crippen molar-refractivity contribution in [3.05, 3.63) is 57.5 Å². The highest BCUT2D eigenvalue weighted by atomic mass is 35.5. The number of fused-ring (bicyclic) bond motifs is 1. The molecule has 1 aromatic heterocycles. The number of aryl methyl sites for hydroxylation is 1. The van der Waals surface area contributed by atoms with Crippen LogP contribution >= 0.6 is 23.2 Å². The quantitative estimate of drug-likeness (QED) is 0.535. The Bertz CT molecular complexity index is 1160. The Morgan fingerprint density at radius 3 is 2.41 bits per heavy atom. The molecule has 6 nitrogen and oxygen atoms in total. The number of nitrogens with zero attached hydrogens (tertiary/aromatic N) is 2. The number of rotatable bonds is 5. The first-order valence-electron chi connectivity index (χ1n) is 8.81. The minimum Gasteiger partial charge on any atom is -0.493 e. The van der Waals surface area contributed by atoms with E-state index in [0.29, 0.717) is 43.5 Å². The SMILES string of the molecule is CCOC(=O)c1cn(C)c2cc(OC)c(OC)cc2c1=Nc1ccc(Cl)cc1Cl. The van der Waals surface area contributed by atoms with E-state index in [9.17, 15) is 4.79 Å². The second-order valence-corrected chi connectivity index (χ2v) is 7.00. The number of ether oxygens (including phenoxy) is 3. The highest BCUT2D eigenvalue weighted by Crippen LogP contribution is 2.32. The molecule has 0 spiro atoms. The number of aromatic nitrogens is 1. The van der Waals surface area contributed by atoms with E-state index in [1.54, 1.807) is 51.6 Å². The topological polar surface area (TPSA) is 62.0 Å². The van der Waals surface area contributed by atoms with Gasteiger partial charge < -0.3 is 18.8 Å². The predicted octanol–water partition coefficient (Wildman–Crippen LogP) is 4.91. The monoisotopic (exact) mass is 434 g/mol. The lowest BCUT2D eigenvalue weighted by Crippen LogP contribution is -2.21. The van der Waals surface area contributed by atoms with Gasteiger partial charge in [0.2, 0.25) is 0 Å². The molecule has 0 saturated heterocycles. The molecule has 3 aromatic rings. The summed E-state index contributed by atoms with van der Waals surface area (Å²) in [5, 5.41) is 1.97. The second-order valence-electron chi connectivity index (χ2n) is 6.15. The van der Waals surface area contributed by atoms with Crippen LogP contribution in [0.3, 0.4) is 0 Å². The van der Waals surface area contributed by atoms with Crippen LogP contribution in [0.5, 0.6) is 11.5 Å². The van der Waals surface area contributed by atoms with Crippen molar-refractivity contribution in [1.82, 2.24) is 4.57 Å². The molecule has 0 bridgehead atoms. The Balaban J connectivity index is 2.45. The molecule has 0 atom stereocenters. The molecule has 2 aromatic carbocycles. The number of methoxy groups -OCH3 is 2. The van der Waals surface area contributed by atoms with Gasteiger partial charge in [-0.2, -0.15) is 0 Å². The van der Waals surface area contributed by atoms with Crippen molar-refractivity contribution in [3.63, 3.8) is 0 Å². The zero-order valence-corrected chi connectivity index (χ0v) is 18.0. The van der Waals surface area contributed by atoms with Gasteiger partial charge in [-0.25, -0.2) is 9.79 Å². The smallest absolute Gasteiger partial charge is 0.341 e. The molecule has 8 heteroatoms. The van der Waals surface area contributed by atoms with Crippen LogP contribution in [0.25, 0.3) is 10.9 Å². The van der Waals surface area contributed by atoms with Gasteiger partial charge in [-0.1, -0.05) is 23.2 Å². The van der Waals surface area contributed by atoms with Gasteiger partial charge in [0.05, 0.1) is 42.4 Å². The molecule has 29 heavy (non-hydrogen) atoms. The molecule has 0 amide bonds. The number of carbonyl (C=O) groups is 1. The van der Waals surface area contributed by atoms with Crippen LogP contribution in [0, 0.1) is 0 Å². The maximum atomic E-state index is 12.7. The predicted molar refractivity (Wildman–Crippen MR) is 114 cm³/mol. The third kappa shape index (κ3) is 4.18. The molecular formula is C21H20Cl2N2O4. The summed E-state index contributed by atoms with van der Waals surface area (Å²) in [7, 11) is 4.94. The maximum Gasteiger partial charge on any atom is 0.341 e. The van der Waals surface area contributed by atoms with Gasteiger partial charge in [0, 0.05) is 29.7 Å². The fourth-order valence-electron chi connectivity index (χ4n) is 2.99. The average Bonchev–Trinajstić information content (AvgIpc) is 2.70. The van der Waals surface area contributed by atoms with E-state index in [4.69, 9.17) is 37.4 Å². The number of benzene rings is 2. The standard InChI is InChI=1S/C21H20Cl2N2O4/c1-5-29-21(26)14-11-25(2)17-10-19(28-4)18(27-3)9-13(17)20(14)24-16-7-6-12(22)8-15(16)23/h6-11H,5H2,1-4H3. The molecular weight excluding hydrogens is 415 g/mol. The summed E-state index contributed by atoms with van der Waals surface area (Å²) in [6, 6.07) is 8.58. The Morgan fingerprint density at radius 2 is 1.79 bits per heavy atom. The first-order chi connectivity index (χ1) is 13.9. The minimum atomic E-state index is -0.483. The van der Waals surface area contributed by atoms with Crippen molar-refractivity contribution in [2.75, 3.05) is 20.8 Å². The zero-order valence-electron chi connectivity index (χ0n) is 16.5. The molecule has 0 unspecified atom stereocenters. The summed E-state index contributed by atoms with van der Waals surface area (Å²) in [5.74, 6) is 0.596. The fourth-order valence-corrected chi connectivity index (χ4v) is 3.44. The van der Waals surface area contributed by atoms with E-state index < -0.39 is 5.97 Å². The lowest BCUT2D eigenvalue weighted by Gasteiger charge is -2.14. The first-order valence-corrected chi connectivity index (χ1v) is 9.57. The molecule has 0 aliphatic carbocycles. The normalized spacial score (nSPS) is 11.6. The first kappa shape index (κ1) is 21.0. The van der Waals surface area contributed by atoms with Gasteiger partial charge >= 0.3 is 5.97 Å². The van der Waals surface area contributed by atoms with E-state index in [-0.39, 0.29) is 6.61 Å². The van der Waals surface area contributed by atoms with Gasteiger partial charge in [-0.15, -0.1) is 0 Å². The molecule has 0 aliphatic rings. The molecule has 0 aliphatic heterocycles. The largest absolute Gasteiger partial charge is 0.493 e. The van der Waals surface area contributed by atoms with E-state index in [1.165, 1.54) is 0 Å². The third-order valence-electron chi connectivity index (χ3n) is 4.35. The van der Waals surface area contributed by atoms with Crippen LogP contribution < -0.4 is 14.8 Å². The molecule has 152 valence electrons. The Hall–Kier alpha value is -2.70. The van der Waals surface area contributed by atoms with Crippen LogP contribution in [-0.4, -0.2) is 31.4 Å². The molecule has 0 radical (unpaired) electrons. The van der Waals surface area contributed by atoms with Crippen LogP contribution in [0.15, 0.2) is 41.5 Å². The van der Waals surface area contributed by atoms with Crippen molar-refractivity contribution >= 4 is 45.8 Å². The van der Waals surface area contributed by atoms with Crippen LogP contribution in [0.2, 0.25) is 10.0 Å². The summed E-state index contributed by atoms with van der Waals surface area (Å²) in [5.41, 5.74) is 1.58. The van der Waals surface area contributed by atoms with Gasteiger partial charge in [-0.3, -0.25) is 0 Å². The summed E-state index contributed by atoms with van der Waals surface area (Å²) in [4.78, 5) is 17.3. The highest BCUT2D eigenvalue weighted by molar-refractivity contribution is 6.36. The van der Waals surface area contributed by atoms with Crippen LogP contribution in [-0.2, 0) is 11.8 Å². The van der Waals surface area contributed by atoms with E-state index in [0.717, 1.165) is 5.52 Å². The number of hydrogen-bond donors (Lipinski definition) is 0. The Labute approximate surface area is 178 Å². The van der Waals surface area contributed by atoms with Crippen molar-refractivity contribution in [2.24, 2.45) is 12.0 Å². The van der Waals surface area contributed by atoms with Crippen molar-refractivity contribution in [1.29, 1.82) is 0 Å². The van der Waals surface area contributed by atoms with Crippen molar-refractivity contribution in [3.8, 4) is 11.5 Å². The molecule has 0 fully saturated rings. The lowest BCUT2D eigenvalue weighted by atomic mass is 10.1. The molecule has 0 N–H and O–H groups in total. The molecule has 1 heterocycles. The second kappa shape index (κ2) is 8.76. The van der Waals surface area contributed by atoms with Crippen molar-refractivity contribution < 1.29 is 19.0 Å². The van der Waals surface area contributed by atoms with Crippen LogP contribution in [0.1, 0.15) is 17.3 Å². The van der Waals surface area contributed by atoms with Crippen molar-refractivity contribution in [2.45, 2.75) is 6.92 Å². The zero-order chi connectivity index (χ0) is 21.1. The van der Waals surface area contributed by atoms with E-state index >= 15 is 0 Å².